The molecule has 1 aromatic rings. The highest BCUT2D eigenvalue weighted by Crippen LogP contribution is 2.14. The Labute approximate surface area is 106 Å². The topological polar surface area (TPSA) is 64.9 Å². The van der Waals surface area contributed by atoms with Gasteiger partial charge in [-0.25, -0.2) is 4.39 Å². The Kier molecular flexibility index (Phi) is 5.28. The Morgan fingerprint density at radius 3 is 2.89 bits per heavy atom. The minimum absolute atomic E-state index is 0.0767. The molecule has 0 saturated heterocycles. The smallest absolute Gasteiger partial charge is 0.228 e. The molecule has 0 spiro atoms. The van der Waals surface area contributed by atoms with Crippen LogP contribution in [0.1, 0.15) is 19.4 Å². The molecule has 18 heavy (non-hydrogen) atoms. The van der Waals surface area contributed by atoms with Crippen molar-refractivity contribution in [2.45, 2.75) is 13.8 Å². The first-order valence-electron chi connectivity index (χ1n) is 5.79. The highest BCUT2D eigenvalue weighted by molar-refractivity contribution is 5.92. The van der Waals surface area contributed by atoms with Gasteiger partial charge in [-0.3, -0.25) is 4.79 Å². The van der Waals surface area contributed by atoms with Crippen molar-refractivity contribution in [2.75, 3.05) is 18.4 Å². The highest BCUT2D eigenvalue weighted by atomic mass is 19.1. The summed E-state index contributed by atoms with van der Waals surface area (Å²) >= 11 is 0. The summed E-state index contributed by atoms with van der Waals surface area (Å²) < 4.78 is 13.1. The molecule has 96 valence electrons. The Morgan fingerprint density at radius 1 is 1.56 bits per heavy atom. The van der Waals surface area contributed by atoms with Crippen LogP contribution in [0.2, 0.25) is 0 Å². The van der Waals surface area contributed by atoms with Crippen LogP contribution in [-0.4, -0.2) is 19.0 Å². The van der Waals surface area contributed by atoms with Crippen LogP contribution in [0.3, 0.4) is 0 Å². The van der Waals surface area contributed by atoms with Crippen LogP contribution in [0.25, 0.3) is 0 Å². The zero-order chi connectivity index (χ0) is 13.5. The minimum atomic E-state index is -0.587. The molecule has 1 amide bonds. The molecule has 0 radical (unpaired) electrons. The first-order valence-corrected chi connectivity index (χ1v) is 5.79. The van der Waals surface area contributed by atoms with Gasteiger partial charge < -0.3 is 10.6 Å². The molecule has 1 aromatic carbocycles. The third kappa shape index (κ3) is 3.82. The Morgan fingerprint density at radius 2 is 2.28 bits per heavy atom. The fraction of sp³-hybridized carbons (Fsp3) is 0.385. The molecular weight excluding hydrogens is 233 g/mol. The normalized spacial score (nSPS) is 11.7. The van der Waals surface area contributed by atoms with E-state index in [0.717, 1.165) is 6.54 Å². The van der Waals surface area contributed by atoms with E-state index in [2.05, 4.69) is 10.6 Å². The maximum absolute atomic E-state index is 13.1. The number of nitrogens with zero attached hydrogens (tertiary/aromatic N) is 1. The van der Waals surface area contributed by atoms with Gasteiger partial charge in [0, 0.05) is 18.2 Å². The van der Waals surface area contributed by atoms with Crippen molar-refractivity contribution in [3.05, 3.63) is 29.6 Å². The minimum Gasteiger partial charge on any atom is -0.326 e. The number of nitriles is 1. The van der Waals surface area contributed by atoms with Crippen molar-refractivity contribution >= 4 is 11.6 Å². The Hall–Kier alpha value is -1.93. The summed E-state index contributed by atoms with van der Waals surface area (Å²) in [7, 11) is 0. The molecule has 0 aliphatic carbocycles. The number of rotatable bonds is 5. The number of halogens is 1. The molecule has 2 N–H and O–H groups in total. The molecule has 0 aromatic heterocycles. The maximum Gasteiger partial charge on any atom is 0.228 e. The quantitative estimate of drug-likeness (QED) is 0.837. The molecule has 5 heteroatoms. The lowest BCUT2D eigenvalue weighted by atomic mass is 10.1. The van der Waals surface area contributed by atoms with Crippen LogP contribution in [-0.2, 0) is 4.79 Å². The summed E-state index contributed by atoms with van der Waals surface area (Å²) in [5, 5.41) is 14.4. The third-order valence-electron chi connectivity index (χ3n) is 2.50. The van der Waals surface area contributed by atoms with Gasteiger partial charge in [0.2, 0.25) is 5.91 Å². The van der Waals surface area contributed by atoms with Crippen LogP contribution in [0.5, 0.6) is 0 Å². The molecule has 4 nitrogen and oxygen atoms in total. The van der Waals surface area contributed by atoms with Gasteiger partial charge in [0.1, 0.15) is 11.9 Å². The first kappa shape index (κ1) is 14.1. The van der Waals surface area contributed by atoms with Crippen LogP contribution >= 0.6 is 0 Å². The zero-order valence-electron chi connectivity index (χ0n) is 10.5. The SMILES string of the molecule is CCNCC(C)C(=O)Nc1ccc(F)c(C#N)c1. The summed E-state index contributed by atoms with van der Waals surface area (Å²) in [5.41, 5.74) is 0.355. The molecular formula is C13H16FN3O. The predicted octanol–water partition coefficient (Wildman–Crippen LogP) is 1.88. The molecule has 0 bridgehead atoms. The van der Waals surface area contributed by atoms with E-state index in [1.807, 2.05) is 6.92 Å². The van der Waals surface area contributed by atoms with E-state index in [-0.39, 0.29) is 17.4 Å². The molecule has 1 rings (SSSR count). The maximum atomic E-state index is 13.1. The van der Waals surface area contributed by atoms with E-state index in [1.165, 1.54) is 18.2 Å². The predicted molar refractivity (Wildman–Crippen MR) is 67.5 cm³/mol. The van der Waals surface area contributed by atoms with E-state index in [4.69, 9.17) is 5.26 Å². The van der Waals surface area contributed by atoms with Gasteiger partial charge in [0.05, 0.1) is 5.56 Å². The molecule has 1 unspecified atom stereocenters. The monoisotopic (exact) mass is 249 g/mol. The Bertz CT molecular complexity index is 468. The Balaban J connectivity index is 2.67. The molecule has 0 aliphatic heterocycles. The number of amides is 1. The van der Waals surface area contributed by atoms with E-state index >= 15 is 0 Å². The zero-order valence-corrected chi connectivity index (χ0v) is 10.5. The van der Waals surface area contributed by atoms with Crippen molar-refractivity contribution in [3.63, 3.8) is 0 Å². The number of anilines is 1. The van der Waals surface area contributed by atoms with Crippen molar-refractivity contribution in [1.29, 1.82) is 5.26 Å². The second-order valence-corrected chi connectivity index (χ2v) is 4.00. The van der Waals surface area contributed by atoms with Crippen LogP contribution in [0.4, 0.5) is 10.1 Å². The molecule has 0 fully saturated rings. The van der Waals surface area contributed by atoms with Gasteiger partial charge in [-0.05, 0) is 24.7 Å². The van der Waals surface area contributed by atoms with E-state index in [0.29, 0.717) is 12.2 Å². The van der Waals surface area contributed by atoms with Gasteiger partial charge in [0.15, 0.2) is 0 Å². The largest absolute Gasteiger partial charge is 0.326 e. The van der Waals surface area contributed by atoms with Gasteiger partial charge >= 0.3 is 0 Å². The van der Waals surface area contributed by atoms with E-state index in [9.17, 15) is 9.18 Å². The standard InChI is InChI=1S/C13H16FN3O/c1-3-16-8-9(2)13(18)17-11-4-5-12(14)10(6-11)7-15/h4-6,9,16H,3,8H2,1-2H3,(H,17,18). The van der Waals surface area contributed by atoms with Crippen molar-refractivity contribution < 1.29 is 9.18 Å². The fourth-order valence-electron chi connectivity index (χ4n) is 1.41. The van der Waals surface area contributed by atoms with Gasteiger partial charge in [-0.1, -0.05) is 13.8 Å². The second-order valence-electron chi connectivity index (χ2n) is 4.00. The number of benzene rings is 1. The van der Waals surface area contributed by atoms with E-state index in [1.54, 1.807) is 13.0 Å². The van der Waals surface area contributed by atoms with Gasteiger partial charge in [-0.15, -0.1) is 0 Å². The number of hydrogen-bond donors (Lipinski definition) is 2. The van der Waals surface area contributed by atoms with Crippen molar-refractivity contribution in [1.82, 2.24) is 5.32 Å². The van der Waals surface area contributed by atoms with Crippen molar-refractivity contribution in [2.24, 2.45) is 5.92 Å². The lowest BCUT2D eigenvalue weighted by Crippen LogP contribution is -2.30. The van der Waals surface area contributed by atoms with Gasteiger partial charge in [0.25, 0.3) is 0 Å². The summed E-state index contributed by atoms with van der Waals surface area (Å²) in [5.74, 6) is -0.941. The molecule has 0 heterocycles. The first-order chi connectivity index (χ1) is 8.58. The second kappa shape index (κ2) is 6.72. The number of carbonyl (C=O) groups is 1. The third-order valence-corrected chi connectivity index (χ3v) is 2.50. The highest BCUT2D eigenvalue weighted by Gasteiger charge is 2.13. The number of carbonyl (C=O) groups excluding carboxylic acids is 1. The van der Waals surface area contributed by atoms with Crippen LogP contribution in [0.15, 0.2) is 18.2 Å². The van der Waals surface area contributed by atoms with Crippen molar-refractivity contribution in [3.8, 4) is 6.07 Å². The number of hydrogen-bond acceptors (Lipinski definition) is 3. The fourth-order valence-corrected chi connectivity index (χ4v) is 1.41. The molecule has 1 atom stereocenters. The molecule has 0 aliphatic rings. The van der Waals surface area contributed by atoms with E-state index < -0.39 is 5.82 Å². The summed E-state index contributed by atoms with van der Waals surface area (Å²) in [6.45, 7) is 5.14. The molecule has 0 saturated carbocycles. The lowest BCUT2D eigenvalue weighted by molar-refractivity contribution is -0.119. The average molecular weight is 249 g/mol. The number of nitrogens with one attached hydrogen (secondary N) is 2. The summed E-state index contributed by atoms with van der Waals surface area (Å²) in [6, 6.07) is 5.67. The summed E-state index contributed by atoms with van der Waals surface area (Å²) in [4.78, 5) is 11.8. The lowest BCUT2D eigenvalue weighted by Gasteiger charge is -2.12. The van der Waals surface area contributed by atoms with Crippen LogP contribution < -0.4 is 10.6 Å². The van der Waals surface area contributed by atoms with Crippen LogP contribution in [0, 0.1) is 23.1 Å². The van der Waals surface area contributed by atoms with Gasteiger partial charge in [-0.2, -0.15) is 5.26 Å². The average Bonchev–Trinajstić information content (AvgIpc) is 2.37. The summed E-state index contributed by atoms with van der Waals surface area (Å²) in [6.07, 6.45) is 0.